The van der Waals surface area contributed by atoms with E-state index in [9.17, 15) is 17.6 Å². The summed E-state index contributed by atoms with van der Waals surface area (Å²) in [5.41, 5.74) is 0. The fraction of sp³-hybridized carbons (Fsp3) is 0.500. The van der Waals surface area contributed by atoms with Crippen LogP contribution in [0.5, 0.6) is 0 Å². The van der Waals surface area contributed by atoms with Crippen LogP contribution in [-0.4, -0.2) is 30.4 Å². The summed E-state index contributed by atoms with van der Waals surface area (Å²) in [7, 11) is 0. The largest absolute Gasteiger partial charge is 0.369 e. The van der Waals surface area contributed by atoms with E-state index in [1.54, 1.807) is 6.92 Å². The van der Waals surface area contributed by atoms with Gasteiger partial charge in [-0.25, -0.2) is 13.8 Å². The minimum atomic E-state index is -4.16. The maximum atomic E-state index is 12.8. The summed E-state index contributed by atoms with van der Waals surface area (Å²) in [6.45, 7) is 1.01. The SMILES string of the molecule is CCNc1nc(NCC(F)(F)C(F)F)c(Cl)cc1Cl. The van der Waals surface area contributed by atoms with Gasteiger partial charge in [-0.2, -0.15) is 8.78 Å². The Morgan fingerprint density at radius 1 is 1.21 bits per heavy atom. The van der Waals surface area contributed by atoms with Crippen molar-refractivity contribution in [3.8, 4) is 0 Å². The molecule has 2 N–H and O–H groups in total. The zero-order valence-corrected chi connectivity index (χ0v) is 11.3. The second-order valence-corrected chi connectivity index (χ2v) is 4.41. The van der Waals surface area contributed by atoms with Crippen molar-refractivity contribution in [1.82, 2.24) is 4.98 Å². The number of alkyl halides is 4. The molecule has 0 spiro atoms. The Kier molecular flexibility index (Phi) is 5.49. The normalized spacial score (nSPS) is 11.8. The number of nitrogens with one attached hydrogen (secondary N) is 2. The molecule has 0 saturated heterocycles. The van der Waals surface area contributed by atoms with Gasteiger partial charge >= 0.3 is 12.3 Å². The maximum absolute atomic E-state index is 12.8. The van der Waals surface area contributed by atoms with Gasteiger partial charge in [-0.15, -0.1) is 0 Å². The smallest absolute Gasteiger partial charge is 0.324 e. The van der Waals surface area contributed by atoms with E-state index in [4.69, 9.17) is 23.2 Å². The third-order valence-corrected chi connectivity index (χ3v) is 2.66. The Hall–Kier alpha value is -0.950. The molecule has 0 aliphatic rings. The van der Waals surface area contributed by atoms with Crippen LogP contribution >= 0.6 is 23.2 Å². The number of hydrogen-bond donors (Lipinski definition) is 2. The van der Waals surface area contributed by atoms with Gasteiger partial charge in [0, 0.05) is 6.54 Å². The van der Waals surface area contributed by atoms with E-state index in [0.29, 0.717) is 6.54 Å². The lowest BCUT2D eigenvalue weighted by atomic mass is 10.3. The van der Waals surface area contributed by atoms with Gasteiger partial charge in [0.25, 0.3) is 0 Å². The van der Waals surface area contributed by atoms with E-state index in [1.807, 2.05) is 0 Å². The molecule has 1 heterocycles. The van der Waals surface area contributed by atoms with E-state index in [0.717, 1.165) is 0 Å². The molecule has 0 saturated carbocycles. The Bertz CT molecular complexity index is 443. The number of nitrogens with zero attached hydrogens (tertiary/aromatic N) is 1. The van der Waals surface area contributed by atoms with E-state index in [1.165, 1.54) is 6.07 Å². The van der Waals surface area contributed by atoms with Crippen LogP contribution in [0, 0.1) is 0 Å². The summed E-state index contributed by atoms with van der Waals surface area (Å²) in [6.07, 6.45) is -3.76. The lowest BCUT2D eigenvalue weighted by Crippen LogP contribution is -2.35. The molecule has 108 valence electrons. The molecule has 0 unspecified atom stereocenters. The summed E-state index contributed by atoms with van der Waals surface area (Å²) >= 11 is 11.6. The molecule has 0 atom stereocenters. The molecule has 1 aromatic rings. The highest BCUT2D eigenvalue weighted by atomic mass is 35.5. The van der Waals surface area contributed by atoms with Gasteiger partial charge in [-0.3, -0.25) is 0 Å². The Morgan fingerprint density at radius 2 is 1.74 bits per heavy atom. The quantitative estimate of drug-likeness (QED) is 0.774. The molecule has 0 aliphatic heterocycles. The molecule has 3 nitrogen and oxygen atoms in total. The van der Waals surface area contributed by atoms with Gasteiger partial charge in [0.05, 0.1) is 16.6 Å². The predicted octanol–water partition coefficient (Wildman–Crippen LogP) is 4.13. The average Bonchev–Trinajstić information content (AvgIpc) is 2.31. The molecule has 0 aromatic carbocycles. The van der Waals surface area contributed by atoms with Gasteiger partial charge < -0.3 is 10.6 Å². The van der Waals surface area contributed by atoms with E-state index in [2.05, 4.69) is 15.6 Å². The highest BCUT2D eigenvalue weighted by Gasteiger charge is 2.40. The van der Waals surface area contributed by atoms with E-state index >= 15 is 0 Å². The van der Waals surface area contributed by atoms with Crippen LogP contribution in [0.15, 0.2) is 6.07 Å². The third-order valence-electron chi connectivity index (χ3n) is 2.08. The number of rotatable bonds is 6. The van der Waals surface area contributed by atoms with Crippen LogP contribution in [0.1, 0.15) is 6.92 Å². The lowest BCUT2D eigenvalue weighted by Gasteiger charge is -2.17. The Balaban J connectivity index is 2.86. The highest BCUT2D eigenvalue weighted by molar-refractivity contribution is 6.37. The monoisotopic (exact) mass is 319 g/mol. The molecular weight excluding hydrogens is 309 g/mol. The first-order valence-electron chi connectivity index (χ1n) is 5.27. The number of anilines is 2. The molecule has 19 heavy (non-hydrogen) atoms. The molecule has 0 radical (unpaired) electrons. The molecule has 1 aromatic heterocycles. The first-order chi connectivity index (χ1) is 8.77. The highest BCUT2D eigenvalue weighted by Crippen LogP contribution is 2.30. The molecule has 1 rings (SSSR count). The first kappa shape index (κ1) is 16.1. The number of pyridine rings is 1. The van der Waals surface area contributed by atoms with Crippen LogP contribution in [-0.2, 0) is 0 Å². The maximum Gasteiger partial charge on any atom is 0.324 e. The molecule has 9 heteroatoms. The lowest BCUT2D eigenvalue weighted by molar-refractivity contribution is -0.117. The van der Waals surface area contributed by atoms with Crippen molar-refractivity contribution >= 4 is 34.8 Å². The minimum Gasteiger partial charge on any atom is -0.369 e. The van der Waals surface area contributed by atoms with Crippen molar-refractivity contribution in [3.63, 3.8) is 0 Å². The Morgan fingerprint density at radius 3 is 2.21 bits per heavy atom. The van der Waals surface area contributed by atoms with Gasteiger partial charge in [0.2, 0.25) is 0 Å². The van der Waals surface area contributed by atoms with Crippen LogP contribution in [0.4, 0.5) is 29.2 Å². The summed E-state index contributed by atoms with van der Waals surface area (Å²) in [5.74, 6) is -4.07. The first-order valence-corrected chi connectivity index (χ1v) is 6.03. The molecule has 0 amide bonds. The third kappa shape index (κ3) is 4.28. The van der Waals surface area contributed by atoms with Crippen molar-refractivity contribution < 1.29 is 17.6 Å². The topological polar surface area (TPSA) is 37.0 Å². The number of hydrogen-bond acceptors (Lipinski definition) is 3. The summed E-state index contributed by atoms with van der Waals surface area (Å²) in [6, 6.07) is 1.29. The summed E-state index contributed by atoms with van der Waals surface area (Å²) in [4.78, 5) is 3.86. The summed E-state index contributed by atoms with van der Waals surface area (Å²) < 4.78 is 49.5. The second kappa shape index (κ2) is 6.47. The second-order valence-electron chi connectivity index (χ2n) is 3.59. The van der Waals surface area contributed by atoms with E-state index < -0.39 is 18.9 Å². The minimum absolute atomic E-state index is 0.0308. The van der Waals surface area contributed by atoms with Crippen molar-refractivity contribution in [2.75, 3.05) is 23.7 Å². The van der Waals surface area contributed by atoms with Crippen molar-refractivity contribution in [1.29, 1.82) is 0 Å². The number of halogens is 6. The van der Waals surface area contributed by atoms with Gasteiger partial charge in [0.15, 0.2) is 0 Å². The molecular formula is C10H11Cl2F4N3. The molecule has 0 aliphatic carbocycles. The zero-order valence-electron chi connectivity index (χ0n) is 9.78. The van der Waals surface area contributed by atoms with Crippen LogP contribution < -0.4 is 10.6 Å². The average molecular weight is 320 g/mol. The van der Waals surface area contributed by atoms with E-state index in [-0.39, 0.29) is 21.7 Å². The van der Waals surface area contributed by atoms with Gasteiger partial charge in [0.1, 0.15) is 11.6 Å². The molecule has 0 fully saturated rings. The summed E-state index contributed by atoms with van der Waals surface area (Å²) in [5, 5.41) is 5.05. The van der Waals surface area contributed by atoms with Crippen LogP contribution in [0.25, 0.3) is 0 Å². The van der Waals surface area contributed by atoms with Gasteiger partial charge in [-0.05, 0) is 13.0 Å². The predicted molar refractivity (Wildman–Crippen MR) is 67.9 cm³/mol. The standard InChI is InChI=1S/C10H11Cl2F4N3/c1-2-17-7-5(11)3-6(12)8(19-7)18-4-10(15,16)9(13)14/h3,9H,2,4H2,1H3,(H2,17,18,19). The van der Waals surface area contributed by atoms with Crippen molar-refractivity contribution in [2.45, 2.75) is 19.3 Å². The van der Waals surface area contributed by atoms with Crippen LogP contribution in [0.2, 0.25) is 10.0 Å². The van der Waals surface area contributed by atoms with Crippen molar-refractivity contribution in [2.24, 2.45) is 0 Å². The fourth-order valence-corrected chi connectivity index (χ4v) is 1.65. The zero-order chi connectivity index (χ0) is 14.6. The van der Waals surface area contributed by atoms with Crippen LogP contribution in [0.3, 0.4) is 0 Å². The molecule has 0 bridgehead atoms. The fourth-order valence-electron chi connectivity index (χ4n) is 1.16. The Labute approximate surface area is 117 Å². The van der Waals surface area contributed by atoms with Crippen molar-refractivity contribution in [3.05, 3.63) is 16.1 Å². The van der Waals surface area contributed by atoms with Gasteiger partial charge in [-0.1, -0.05) is 23.2 Å². The number of aromatic nitrogens is 1.